The number of methoxy groups -OCH3 is 1. The molecular weight excluding hydrogens is 395 g/mol. The lowest BCUT2D eigenvalue weighted by molar-refractivity contribution is -0.113. The van der Waals surface area contributed by atoms with Crippen molar-refractivity contribution in [3.63, 3.8) is 0 Å². The fourth-order valence-electron chi connectivity index (χ4n) is 3.26. The molecule has 0 spiro atoms. The van der Waals surface area contributed by atoms with Gasteiger partial charge in [-0.15, -0.1) is 0 Å². The first-order chi connectivity index (χ1) is 15.1. The molecule has 0 radical (unpaired) electrons. The Morgan fingerprint density at radius 2 is 1.58 bits per heavy atom. The number of ether oxygens (including phenoxy) is 2. The number of hydrogen-bond donors (Lipinski definition) is 0. The van der Waals surface area contributed by atoms with E-state index in [0.29, 0.717) is 35.1 Å². The highest BCUT2D eigenvalue weighted by Gasteiger charge is 2.32. The summed E-state index contributed by atoms with van der Waals surface area (Å²) in [4.78, 5) is 19.4. The predicted molar refractivity (Wildman–Crippen MR) is 119 cm³/mol. The minimum absolute atomic E-state index is 0.265. The predicted octanol–water partition coefficient (Wildman–Crippen LogP) is 5.07. The third-order valence-electron chi connectivity index (χ3n) is 4.79. The van der Waals surface area contributed by atoms with Crippen LogP contribution in [-0.4, -0.2) is 25.5 Å². The molecule has 1 heterocycles. The minimum Gasteiger partial charge on any atom is -0.497 e. The van der Waals surface area contributed by atoms with Crippen molar-refractivity contribution < 1.29 is 18.7 Å². The number of rotatable bonds is 6. The molecule has 0 unspecified atom stereocenters. The van der Waals surface area contributed by atoms with E-state index in [4.69, 9.17) is 9.47 Å². The van der Waals surface area contributed by atoms with Crippen LogP contribution in [-0.2, 0) is 4.79 Å². The molecule has 0 bridgehead atoms. The van der Waals surface area contributed by atoms with Crippen molar-refractivity contribution in [1.82, 2.24) is 0 Å². The minimum atomic E-state index is -0.352. The molecule has 3 aromatic rings. The number of carbonyl (C=O) groups excluding carboxylic acids is 1. The molecule has 0 saturated heterocycles. The van der Waals surface area contributed by atoms with Gasteiger partial charge in [-0.25, -0.2) is 9.38 Å². The van der Waals surface area contributed by atoms with E-state index in [-0.39, 0.29) is 11.7 Å². The normalized spacial score (nSPS) is 14.7. The lowest BCUT2D eigenvalue weighted by Gasteiger charge is -2.19. The van der Waals surface area contributed by atoms with Crippen LogP contribution < -0.4 is 14.4 Å². The largest absolute Gasteiger partial charge is 0.497 e. The molecule has 0 atom stereocenters. The van der Waals surface area contributed by atoms with Crippen LogP contribution >= 0.6 is 0 Å². The van der Waals surface area contributed by atoms with Crippen LogP contribution in [0.1, 0.15) is 18.1 Å². The van der Waals surface area contributed by atoms with Gasteiger partial charge in [0.1, 0.15) is 28.8 Å². The summed E-state index contributed by atoms with van der Waals surface area (Å²) >= 11 is 0. The van der Waals surface area contributed by atoms with E-state index in [1.54, 1.807) is 49.6 Å². The van der Waals surface area contributed by atoms with E-state index in [1.165, 1.54) is 17.0 Å². The van der Waals surface area contributed by atoms with Crippen molar-refractivity contribution in [3.8, 4) is 11.5 Å². The lowest BCUT2D eigenvalue weighted by atomic mass is 10.1. The average Bonchev–Trinajstić information content (AvgIpc) is 3.11. The van der Waals surface area contributed by atoms with Crippen LogP contribution in [0, 0.1) is 5.82 Å². The maximum atomic E-state index is 13.4. The van der Waals surface area contributed by atoms with E-state index < -0.39 is 0 Å². The van der Waals surface area contributed by atoms with Crippen LogP contribution in [0.25, 0.3) is 6.08 Å². The van der Waals surface area contributed by atoms with Crippen molar-refractivity contribution in [2.24, 2.45) is 4.99 Å². The maximum absolute atomic E-state index is 13.4. The monoisotopic (exact) mass is 416 g/mol. The van der Waals surface area contributed by atoms with Crippen LogP contribution in [0.5, 0.6) is 11.5 Å². The molecule has 0 fully saturated rings. The van der Waals surface area contributed by atoms with Crippen molar-refractivity contribution in [2.45, 2.75) is 6.92 Å². The maximum Gasteiger partial charge on any atom is 0.282 e. The van der Waals surface area contributed by atoms with Gasteiger partial charge in [-0.3, -0.25) is 9.69 Å². The highest BCUT2D eigenvalue weighted by molar-refractivity contribution is 6.33. The molecule has 31 heavy (non-hydrogen) atoms. The topological polar surface area (TPSA) is 51.1 Å². The molecular formula is C25H21FN2O3. The molecule has 3 aromatic carbocycles. The summed E-state index contributed by atoms with van der Waals surface area (Å²) in [5.41, 5.74) is 2.40. The van der Waals surface area contributed by atoms with Crippen LogP contribution in [0.15, 0.2) is 83.5 Å². The summed E-state index contributed by atoms with van der Waals surface area (Å²) in [6.45, 7) is 2.51. The molecule has 156 valence electrons. The number of halogens is 1. The molecule has 0 aliphatic carbocycles. The molecule has 1 aliphatic rings. The molecule has 1 aliphatic heterocycles. The Bertz CT molecular complexity index is 1130. The lowest BCUT2D eigenvalue weighted by Crippen LogP contribution is -2.32. The fourth-order valence-corrected chi connectivity index (χ4v) is 3.26. The highest BCUT2D eigenvalue weighted by atomic mass is 19.1. The summed E-state index contributed by atoms with van der Waals surface area (Å²) in [6, 6.07) is 20.5. The Balaban J connectivity index is 1.74. The first-order valence-electron chi connectivity index (χ1n) is 9.86. The summed E-state index contributed by atoms with van der Waals surface area (Å²) in [6.07, 6.45) is 1.73. The summed E-state index contributed by atoms with van der Waals surface area (Å²) in [7, 11) is 1.58. The Kier molecular flexibility index (Phi) is 5.80. The Labute approximate surface area is 180 Å². The van der Waals surface area contributed by atoms with Gasteiger partial charge in [-0.1, -0.05) is 12.1 Å². The second kappa shape index (κ2) is 8.83. The van der Waals surface area contributed by atoms with Crippen LogP contribution in [0.3, 0.4) is 0 Å². The van der Waals surface area contributed by atoms with Gasteiger partial charge in [0.05, 0.1) is 19.4 Å². The smallest absolute Gasteiger partial charge is 0.282 e. The molecule has 6 heteroatoms. The highest BCUT2D eigenvalue weighted by Crippen LogP contribution is 2.29. The fraction of sp³-hybridized carbons (Fsp3) is 0.120. The number of carbonyl (C=O) groups is 1. The Hall–Kier alpha value is -3.93. The van der Waals surface area contributed by atoms with E-state index in [2.05, 4.69) is 4.99 Å². The number of amides is 1. The van der Waals surface area contributed by atoms with Gasteiger partial charge in [-0.2, -0.15) is 0 Å². The van der Waals surface area contributed by atoms with Crippen molar-refractivity contribution in [3.05, 3.63) is 95.4 Å². The number of nitrogens with zero attached hydrogens (tertiary/aromatic N) is 2. The second-order valence-electron chi connectivity index (χ2n) is 6.81. The average molecular weight is 416 g/mol. The van der Waals surface area contributed by atoms with Crippen LogP contribution in [0.2, 0.25) is 0 Å². The van der Waals surface area contributed by atoms with E-state index in [9.17, 15) is 9.18 Å². The van der Waals surface area contributed by atoms with Crippen molar-refractivity contribution >= 4 is 23.5 Å². The zero-order chi connectivity index (χ0) is 21.8. The van der Waals surface area contributed by atoms with E-state index in [0.717, 1.165) is 11.3 Å². The quantitative estimate of drug-likeness (QED) is 0.528. The Morgan fingerprint density at radius 1 is 0.935 bits per heavy atom. The number of aliphatic imine (C=N–C) groups is 1. The molecule has 4 rings (SSSR count). The SMILES string of the molecule is CCOc1ccc(/C=C2/N=C(c3ccc(F)cc3)N(c3ccc(OC)cc3)C2=O)cc1. The summed E-state index contributed by atoms with van der Waals surface area (Å²) in [5, 5.41) is 0. The van der Waals surface area contributed by atoms with Gasteiger partial charge in [0.15, 0.2) is 0 Å². The van der Waals surface area contributed by atoms with Gasteiger partial charge in [0, 0.05) is 5.56 Å². The van der Waals surface area contributed by atoms with Crippen molar-refractivity contribution in [2.75, 3.05) is 18.6 Å². The molecule has 5 nitrogen and oxygen atoms in total. The van der Waals surface area contributed by atoms with Crippen LogP contribution in [0.4, 0.5) is 10.1 Å². The van der Waals surface area contributed by atoms with Gasteiger partial charge in [-0.05, 0) is 79.2 Å². The zero-order valence-electron chi connectivity index (χ0n) is 17.2. The molecule has 0 N–H and O–H groups in total. The van der Waals surface area contributed by atoms with Gasteiger partial charge in [0.25, 0.3) is 5.91 Å². The number of benzene rings is 3. The number of anilines is 1. The first-order valence-corrected chi connectivity index (χ1v) is 9.86. The Morgan fingerprint density at radius 3 is 2.19 bits per heavy atom. The van der Waals surface area contributed by atoms with Gasteiger partial charge >= 0.3 is 0 Å². The third-order valence-corrected chi connectivity index (χ3v) is 4.79. The zero-order valence-corrected chi connectivity index (χ0v) is 17.2. The van der Waals surface area contributed by atoms with Gasteiger partial charge in [0.2, 0.25) is 0 Å². The summed E-state index contributed by atoms with van der Waals surface area (Å²) < 4.78 is 24.1. The third kappa shape index (κ3) is 4.33. The number of amidine groups is 1. The molecule has 0 aromatic heterocycles. The molecule has 1 amide bonds. The number of hydrogen-bond acceptors (Lipinski definition) is 4. The molecule has 0 saturated carbocycles. The van der Waals surface area contributed by atoms with E-state index in [1.807, 2.05) is 31.2 Å². The second-order valence-corrected chi connectivity index (χ2v) is 6.81. The van der Waals surface area contributed by atoms with Crippen molar-refractivity contribution in [1.29, 1.82) is 0 Å². The van der Waals surface area contributed by atoms with E-state index >= 15 is 0 Å². The van der Waals surface area contributed by atoms with Gasteiger partial charge < -0.3 is 9.47 Å². The first kappa shape index (κ1) is 20.3. The standard InChI is InChI=1S/C25H21FN2O3/c1-3-31-22-12-4-17(5-13-22)16-23-25(29)28(20-10-14-21(30-2)15-11-20)24(27-23)18-6-8-19(26)9-7-18/h4-16H,3H2,1-2H3/b23-16+. The summed E-state index contributed by atoms with van der Waals surface area (Å²) in [5.74, 6) is 1.26.